The zero-order valence-electron chi connectivity index (χ0n) is 14.2. The first kappa shape index (κ1) is 17.8. The number of urea groups is 1. The average molecular weight is 328 g/mol. The average Bonchev–Trinajstić information content (AvgIpc) is 2.60. The van der Waals surface area contributed by atoms with Crippen LogP contribution in [0.2, 0.25) is 0 Å². The van der Waals surface area contributed by atoms with E-state index >= 15 is 0 Å². The lowest BCUT2D eigenvalue weighted by Gasteiger charge is -2.16. The second-order valence-electron chi connectivity index (χ2n) is 5.87. The third kappa shape index (κ3) is 4.73. The van der Waals surface area contributed by atoms with Crippen LogP contribution in [0.5, 0.6) is 5.75 Å². The van der Waals surface area contributed by atoms with Gasteiger partial charge in [-0.15, -0.1) is 0 Å². The monoisotopic (exact) mass is 328 g/mol. The highest BCUT2D eigenvalue weighted by Crippen LogP contribution is 2.24. The van der Waals surface area contributed by atoms with Gasteiger partial charge in [-0.25, -0.2) is 4.79 Å². The van der Waals surface area contributed by atoms with E-state index in [1.54, 1.807) is 19.2 Å². The smallest absolute Gasteiger partial charge is 0.319 e. The molecule has 5 nitrogen and oxygen atoms in total. The predicted molar refractivity (Wildman–Crippen MR) is 95.5 cm³/mol. The molecule has 2 amide bonds. The maximum Gasteiger partial charge on any atom is 0.319 e. The van der Waals surface area contributed by atoms with Crippen molar-refractivity contribution in [2.45, 2.75) is 25.9 Å². The highest BCUT2D eigenvalue weighted by Gasteiger charge is 2.13. The summed E-state index contributed by atoms with van der Waals surface area (Å²) in [6.07, 6.45) is -0.838. The van der Waals surface area contributed by atoms with Gasteiger partial charge >= 0.3 is 6.03 Å². The third-order valence-electron chi connectivity index (χ3n) is 3.79. The van der Waals surface area contributed by atoms with Gasteiger partial charge in [-0.3, -0.25) is 0 Å². The first-order chi connectivity index (χ1) is 11.5. The van der Waals surface area contributed by atoms with Crippen molar-refractivity contribution >= 4 is 11.7 Å². The van der Waals surface area contributed by atoms with E-state index in [0.717, 1.165) is 0 Å². The number of carbonyl (C=O) groups excluding carboxylic acids is 1. The molecule has 1 atom stereocenters. The summed E-state index contributed by atoms with van der Waals surface area (Å²) in [6.45, 7) is 4.33. The van der Waals surface area contributed by atoms with Crippen LogP contribution < -0.4 is 15.4 Å². The molecule has 0 spiro atoms. The largest absolute Gasteiger partial charge is 0.496 e. The summed E-state index contributed by atoms with van der Waals surface area (Å²) in [5, 5.41) is 15.6. The van der Waals surface area contributed by atoms with Crippen molar-refractivity contribution < 1.29 is 14.6 Å². The number of amides is 2. The number of anilines is 1. The minimum Gasteiger partial charge on any atom is -0.496 e. The number of aliphatic hydroxyl groups excluding tert-OH is 1. The van der Waals surface area contributed by atoms with Crippen LogP contribution in [0.1, 0.15) is 37.0 Å². The first-order valence-corrected chi connectivity index (χ1v) is 7.97. The number of rotatable bonds is 6. The minimum atomic E-state index is -0.838. The molecule has 2 aromatic carbocycles. The van der Waals surface area contributed by atoms with Gasteiger partial charge in [0.2, 0.25) is 0 Å². The number of benzene rings is 2. The molecule has 0 aliphatic rings. The number of hydrogen-bond donors (Lipinski definition) is 3. The quantitative estimate of drug-likeness (QED) is 0.757. The van der Waals surface area contributed by atoms with E-state index in [-0.39, 0.29) is 12.6 Å². The Morgan fingerprint density at radius 1 is 1.12 bits per heavy atom. The topological polar surface area (TPSA) is 70.6 Å². The summed E-state index contributed by atoms with van der Waals surface area (Å²) in [5.41, 5.74) is 2.57. The van der Waals surface area contributed by atoms with E-state index in [9.17, 15) is 9.90 Å². The second kappa shape index (κ2) is 8.36. The second-order valence-corrected chi connectivity index (χ2v) is 5.87. The van der Waals surface area contributed by atoms with Crippen LogP contribution >= 0.6 is 0 Å². The van der Waals surface area contributed by atoms with Gasteiger partial charge in [0.25, 0.3) is 0 Å². The molecule has 0 unspecified atom stereocenters. The van der Waals surface area contributed by atoms with E-state index in [0.29, 0.717) is 22.9 Å². The number of aliphatic hydroxyl groups is 1. The van der Waals surface area contributed by atoms with Crippen LogP contribution in [0, 0.1) is 0 Å². The van der Waals surface area contributed by atoms with Crippen molar-refractivity contribution in [2.75, 3.05) is 19.0 Å². The molecule has 5 heteroatoms. The molecule has 0 radical (unpaired) electrons. The summed E-state index contributed by atoms with van der Waals surface area (Å²) in [5.74, 6) is 1.04. The summed E-state index contributed by atoms with van der Waals surface area (Å²) in [7, 11) is 1.55. The van der Waals surface area contributed by atoms with Crippen LogP contribution in [0.25, 0.3) is 0 Å². The lowest BCUT2D eigenvalue weighted by atomic mass is 10.0. The van der Waals surface area contributed by atoms with E-state index in [1.165, 1.54) is 5.56 Å². The van der Waals surface area contributed by atoms with Crippen LogP contribution in [0.15, 0.2) is 48.5 Å². The van der Waals surface area contributed by atoms with Gasteiger partial charge in [-0.05, 0) is 29.7 Å². The zero-order chi connectivity index (χ0) is 17.5. The molecule has 24 heavy (non-hydrogen) atoms. The van der Waals surface area contributed by atoms with Crippen molar-refractivity contribution in [1.82, 2.24) is 5.32 Å². The van der Waals surface area contributed by atoms with Crippen LogP contribution in [-0.4, -0.2) is 24.8 Å². The molecule has 0 saturated carbocycles. The third-order valence-corrected chi connectivity index (χ3v) is 3.79. The van der Waals surface area contributed by atoms with Gasteiger partial charge in [0.15, 0.2) is 0 Å². The van der Waals surface area contributed by atoms with Crippen LogP contribution in [-0.2, 0) is 0 Å². The Balaban J connectivity index is 1.88. The molecular weight excluding hydrogens is 304 g/mol. The molecule has 0 heterocycles. The van der Waals surface area contributed by atoms with Crippen molar-refractivity contribution in [3.05, 3.63) is 59.7 Å². The molecule has 0 aromatic heterocycles. The number of hydrogen-bond acceptors (Lipinski definition) is 3. The van der Waals surface area contributed by atoms with Gasteiger partial charge in [-0.2, -0.15) is 0 Å². The normalized spacial score (nSPS) is 11.9. The molecule has 2 aromatic rings. The van der Waals surface area contributed by atoms with Crippen molar-refractivity contribution in [3.8, 4) is 5.75 Å². The van der Waals surface area contributed by atoms with Gasteiger partial charge in [0.05, 0.1) is 13.2 Å². The fraction of sp³-hybridized carbons (Fsp3) is 0.316. The van der Waals surface area contributed by atoms with Crippen molar-refractivity contribution in [1.29, 1.82) is 0 Å². The molecule has 0 fully saturated rings. The summed E-state index contributed by atoms with van der Waals surface area (Å²) >= 11 is 0. The number of carbonyl (C=O) groups is 1. The summed E-state index contributed by atoms with van der Waals surface area (Å²) in [4.78, 5) is 12.0. The lowest BCUT2D eigenvalue weighted by Crippen LogP contribution is -2.32. The molecule has 0 saturated heterocycles. The van der Waals surface area contributed by atoms with E-state index in [1.807, 2.05) is 36.4 Å². The Labute approximate surface area is 142 Å². The van der Waals surface area contributed by atoms with Gasteiger partial charge in [0.1, 0.15) is 5.75 Å². The van der Waals surface area contributed by atoms with Gasteiger partial charge in [0, 0.05) is 17.8 Å². The Hall–Kier alpha value is -2.53. The fourth-order valence-electron chi connectivity index (χ4n) is 2.37. The lowest BCUT2D eigenvalue weighted by molar-refractivity contribution is 0.171. The van der Waals surface area contributed by atoms with Crippen LogP contribution in [0.4, 0.5) is 10.5 Å². The standard InChI is InChI=1S/C19H24N2O3/c1-13(2)14-8-10-15(11-9-14)21-19(23)20-12-17(22)16-6-4-5-7-18(16)24-3/h4-11,13,17,22H,12H2,1-3H3,(H2,20,21,23)/t17-/m0/s1. The van der Waals surface area contributed by atoms with Gasteiger partial charge in [-0.1, -0.05) is 44.2 Å². The summed E-state index contributed by atoms with van der Waals surface area (Å²) in [6, 6.07) is 14.5. The summed E-state index contributed by atoms with van der Waals surface area (Å²) < 4.78 is 5.21. The number of ether oxygens (including phenoxy) is 1. The molecule has 0 bridgehead atoms. The molecule has 3 N–H and O–H groups in total. The molecule has 2 rings (SSSR count). The van der Waals surface area contributed by atoms with Crippen molar-refractivity contribution in [2.24, 2.45) is 0 Å². The predicted octanol–water partition coefficient (Wildman–Crippen LogP) is 3.67. The zero-order valence-corrected chi connectivity index (χ0v) is 14.2. The molecule has 0 aliphatic heterocycles. The van der Waals surface area contributed by atoms with E-state index < -0.39 is 6.10 Å². The highest BCUT2D eigenvalue weighted by atomic mass is 16.5. The Kier molecular flexibility index (Phi) is 6.21. The Bertz CT molecular complexity index is 669. The fourth-order valence-corrected chi connectivity index (χ4v) is 2.37. The SMILES string of the molecule is COc1ccccc1[C@@H](O)CNC(=O)Nc1ccc(C(C)C)cc1. The highest BCUT2D eigenvalue weighted by molar-refractivity contribution is 5.89. The Morgan fingerprint density at radius 2 is 1.79 bits per heavy atom. The molecule has 0 aliphatic carbocycles. The maximum atomic E-state index is 12.0. The number of nitrogens with one attached hydrogen (secondary N) is 2. The molecule has 128 valence electrons. The van der Waals surface area contributed by atoms with Crippen molar-refractivity contribution in [3.63, 3.8) is 0 Å². The molecular formula is C19H24N2O3. The van der Waals surface area contributed by atoms with E-state index in [4.69, 9.17) is 4.74 Å². The van der Waals surface area contributed by atoms with E-state index in [2.05, 4.69) is 24.5 Å². The number of para-hydroxylation sites is 1. The number of methoxy groups -OCH3 is 1. The first-order valence-electron chi connectivity index (χ1n) is 7.97. The minimum absolute atomic E-state index is 0.0935. The maximum absolute atomic E-state index is 12.0. The van der Waals surface area contributed by atoms with Gasteiger partial charge < -0.3 is 20.5 Å². The van der Waals surface area contributed by atoms with Crippen LogP contribution in [0.3, 0.4) is 0 Å². The Morgan fingerprint density at radius 3 is 2.42 bits per heavy atom.